The average molecular weight is 351 g/mol. The van der Waals surface area contributed by atoms with Gasteiger partial charge in [0.05, 0.1) is 7.11 Å². The third-order valence-corrected chi connectivity index (χ3v) is 5.39. The molecule has 138 valence electrons. The SMILES string of the molecule is CCCC(=O)N(C)C1CC1c1cc(OC)ccc1CCc1ccccc1. The van der Waals surface area contributed by atoms with E-state index in [9.17, 15) is 4.79 Å². The van der Waals surface area contributed by atoms with Gasteiger partial charge in [-0.25, -0.2) is 0 Å². The summed E-state index contributed by atoms with van der Waals surface area (Å²) in [5.41, 5.74) is 4.08. The fraction of sp³-hybridized carbons (Fsp3) is 0.435. The minimum atomic E-state index is 0.258. The minimum Gasteiger partial charge on any atom is -0.497 e. The van der Waals surface area contributed by atoms with Gasteiger partial charge >= 0.3 is 0 Å². The molecule has 0 heterocycles. The van der Waals surface area contributed by atoms with Crippen molar-refractivity contribution in [3.8, 4) is 5.75 Å². The summed E-state index contributed by atoms with van der Waals surface area (Å²) < 4.78 is 5.45. The zero-order valence-electron chi connectivity index (χ0n) is 16.1. The van der Waals surface area contributed by atoms with Gasteiger partial charge in [0.25, 0.3) is 0 Å². The molecule has 3 nitrogen and oxygen atoms in total. The summed E-state index contributed by atoms with van der Waals surface area (Å²) in [6, 6.07) is 17.3. The first-order valence-electron chi connectivity index (χ1n) is 9.60. The first kappa shape index (κ1) is 18.5. The number of aryl methyl sites for hydroxylation is 2. The predicted molar refractivity (Wildman–Crippen MR) is 106 cm³/mol. The molecule has 2 aromatic carbocycles. The van der Waals surface area contributed by atoms with Gasteiger partial charge in [0.2, 0.25) is 5.91 Å². The highest BCUT2D eigenvalue weighted by Gasteiger charge is 2.43. The number of ether oxygens (including phenoxy) is 1. The Kier molecular flexibility index (Phi) is 5.97. The van der Waals surface area contributed by atoms with Crippen LogP contribution in [-0.2, 0) is 17.6 Å². The van der Waals surface area contributed by atoms with Crippen molar-refractivity contribution in [1.82, 2.24) is 4.90 Å². The van der Waals surface area contributed by atoms with Crippen molar-refractivity contribution >= 4 is 5.91 Å². The highest BCUT2D eigenvalue weighted by atomic mass is 16.5. The van der Waals surface area contributed by atoms with Gasteiger partial charge in [-0.3, -0.25) is 4.79 Å². The Balaban J connectivity index is 1.74. The molecule has 3 rings (SSSR count). The van der Waals surface area contributed by atoms with E-state index in [2.05, 4.69) is 49.4 Å². The van der Waals surface area contributed by atoms with E-state index in [-0.39, 0.29) is 5.91 Å². The van der Waals surface area contributed by atoms with E-state index in [4.69, 9.17) is 4.74 Å². The van der Waals surface area contributed by atoms with Crippen LogP contribution < -0.4 is 4.74 Å². The number of hydrogen-bond acceptors (Lipinski definition) is 2. The molecule has 0 N–H and O–H groups in total. The topological polar surface area (TPSA) is 29.5 Å². The fourth-order valence-electron chi connectivity index (χ4n) is 3.72. The summed E-state index contributed by atoms with van der Waals surface area (Å²) in [4.78, 5) is 14.2. The molecular weight excluding hydrogens is 322 g/mol. The quantitative estimate of drug-likeness (QED) is 0.696. The van der Waals surface area contributed by atoms with Crippen molar-refractivity contribution in [2.45, 2.75) is 51.0 Å². The Morgan fingerprint density at radius 2 is 1.92 bits per heavy atom. The molecule has 1 aliphatic carbocycles. The van der Waals surface area contributed by atoms with Crippen molar-refractivity contribution < 1.29 is 9.53 Å². The van der Waals surface area contributed by atoms with Crippen LogP contribution in [-0.4, -0.2) is 31.0 Å². The number of carbonyl (C=O) groups is 1. The zero-order chi connectivity index (χ0) is 18.5. The lowest BCUT2D eigenvalue weighted by Gasteiger charge is -2.18. The third kappa shape index (κ3) is 4.27. The largest absolute Gasteiger partial charge is 0.497 e. The van der Waals surface area contributed by atoms with Gasteiger partial charge in [-0.15, -0.1) is 0 Å². The monoisotopic (exact) mass is 351 g/mol. The first-order chi connectivity index (χ1) is 12.6. The maximum absolute atomic E-state index is 12.2. The fourth-order valence-corrected chi connectivity index (χ4v) is 3.72. The normalized spacial score (nSPS) is 18.4. The highest BCUT2D eigenvalue weighted by molar-refractivity contribution is 5.76. The zero-order valence-corrected chi connectivity index (χ0v) is 16.1. The van der Waals surface area contributed by atoms with Crippen LogP contribution in [0.5, 0.6) is 5.75 Å². The maximum atomic E-state index is 12.2. The first-order valence-corrected chi connectivity index (χ1v) is 9.60. The summed E-state index contributed by atoms with van der Waals surface area (Å²) in [5, 5.41) is 0. The number of methoxy groups -OCH3 is 1. The van der Waals surface area contributed by atoms with E-state index in [1.165, 1.54) is 16.7 Å². The molecular formula is C23H29NO2. The number of benzene rings is 2. The van der Waals surface area contributed by atoms with Crippen molar-refractivity contribution in [3.05, 3.63) is 65.2 Å². The van der Waals surface area contributed by atoms with E-state index < -0.39 is 0 Å². The van der Waals surface area contributed by atoms with Crippen molar-refractivity contribution in [3.63, 3.8) is 0 Å². The predicted octanol–water partition coefficient (Wildman–Crippen LogP) is 4.59. The second-order valence-corrected chi connectivity index (χ2v) is 7.21. The van der Waals surface area contributed by atoms with Gasteiger partial charge in [-0.1, -0.05) is 43.3 Å². The number of hydrogen-bond donors (Lipinski definition) is 0. The molecule has 2 unspecified atom stereocenters. The van der Waals surface area contributed by atoms with Crippen LogP contribution in [0.4, 0.5) is 0 Å². The van der Waals surface area contributed by atoms with Gasteiger partial charge in [-0.05, 0) is 54.5 Å². The standard InChI is InChI=1S/C23H29NO2/c1-4-8-23(25)24(2)22-16-21(22)20-15-19(26-3)14-13-18(20)12-11-17-9-6-5-7-10-17/h5-7,9-10,13-15,21-22H,4,8,11-12,16H2,1-3H3. The molecule has 0 bridgehead atoms. The summed E-state index contributed by atoms with van der Waals surface area (Å²) >= 11 is 0. The van der Waals surface area contributed by atoms with Gasteiger partial charge in [0.15, 0.2) is 0 Å². The van der Waals surface area contributed by atoms with Crippen LogP contribution in [0, 0.1) is 0 Å². The Bertz CT molecular complexity index is 741. The Labute approximate surface area is 157 Å². The Morgan fingerprint density at radius 1 is 1.15 bits per heavy atom. The molecule has 0 saturated heterocycles. The minimum absolute atomic E-state index is 0.258. The molecule has 1 fully saturated rings. The molecule has 2 aromatic rings. The molecule has 1 aliphatic rings. The third-order valence-electron chi connectivity index (χ3n) is 5.39. The highest BCUT2D eigenvalue weighted by Crippen LogP contribution is 2.46. The van der Waals surface area contributed by atoms with Gasteiger partial charge in [-0.2, -0.15) is 0 Å². The van der Waals surface area contributed by atoms with Crippen LogP contribution >= 0.6 is 0 Å². The van der Waals surface area contributed by atoms with E-state index in [0.29, 0.717) is 18.4 Å². The molecule has 2 atom stereocenters. The number of amides is 1. The lowest BCUT2D eigenvalue weighted by atomic mass is 9.96. The second-order valence-electron chi connectivity index (χ2n) is 7.21. The van der Waals surface area contributed by atoms with E-state index in [1.807, 2.05) is 18.0 Å². The summed E-state index contributed by atoms with van der Waals surface area (Å²) in [7, 11) is 3.66. The van der Waals surface area contributed by atoms with Crippen molar-refractivity contribution in [2.75, 3.05) is 14.2 Å². The van der Waals surface area contributed by atoms with Crippen LogP contribution in [0.3, 0.4) is 0 Å². The Morgan fingerprint density at radius 3 is 2.62 bits per heavy atom. The summed E-state index contributed by atoms with van der Waals surface area (Å²) in [6.07, 6.45) is 4.64. The molecule has 0 aliphatic heterocycles. The molecule has 0 spiro atoms. The molecule has 3 heteroatoms. The lowest BCUT2D eigenvalue weighted by Crippen LogP contribution is -2.29. The van der Waals surface area contributed by atoms with Crippen LogP contribution in [0.1, 0.15) is 48.8 Å². The maximum Gasteiger partial charge on any atom is 0.222 e. The molecule has 0 aromatic heterocycles. The van der Waals surface area contributed by atoms with Crippen molar-refractivity contribution in [1.29, 1.82) is 0 Å². The Hall–Kier alpha value is -2.29. The average Bonchev–Trinajstić information content (AvgIpc) is 3.47. The molecule has 26 heavy (non-hydrogen) atoms. The summed E-state index contributed by atoms with van der Waals surface area (Å²) in [5.74, 6) is 1.59. The van der Waals surface area contributed by atoms with Gasteiger partial charge < -0.3 is 9.64 Å². The summed E-state index contributed by atoms with van der Waals surface area (Å²) in [6.45, 7) is 2.06. The number of nitrogens with zero attached hydrogens (tertiary/aromatic N) is 1. The van der Waals surface area contributed by atoms with Gasteiger partial charge in [0.1, 0.15) is 5.75 Å². The van der Waals surface area contributed by atoms with E-state index >= 15 is 0 Å². The van der Waals surface area contributed by atoms with Crippen LogP contribution in [0.2, 0.25) is 0 Å². The van der Waals surface area contributed by atoms with Crippen LogP contribution in [0.15, 0.2) is 48.5 Å². The second kappa shape index (κ2) is 8.39. The smallest absolute Gasteiger partial charge is 0.222 e. The molecule has 1 saturated carbocycles. The van der Waals surface area contributed by atoms with Crippen LogP contribution in [0.25, 0.3) is 0 Å². The molecule has 1 amide bonds. The number of rotatable bonds is 8. The lowest BCUT2D eigenvalue weighted by molar-refractivity contribution is -0.130. The molecule has 0 radical (unpaired) electrons. The van der Waals surface area contributed by atoms with E-state index in [1.54, 1.807) is 7.11 Å². The van der Waals surface area contributed by atoms with Gasteiger partial charge in [0, 0.05) is 25.4 Å². The van der Waals surface area contributed by atoms with E-state index in [0.717, 1.165) is 31.4 Å². The number of carbonyl (C=O) groups excluding carboxylic acids is 1. The van der Waals surface area contributed by atoms with Crippen molar-refractivity contribution in [2.24, 2.45) is 0 Å². The number of likely N-dealkylation sites (N-methyl/N-ethyl adjacent to an activating group) is 1.